The zero-order valence-corrected chi connectivity index (χ0v) is 10.8. The van der Waals surface area contributed by atoms with E-state index >= 15 is 0 Å². The summed E-state index contributed by atoms with van der Waals surface area (Å²) in [5.74, 6) is 0. The molecule has 1 aromatic heterocycles. The molecule has 0 spiro atoms. The SMILES string of the molecule is FC(F)(F)c1cncc(-c2ccccc2)c1CBr. The second kappa shape index (κ2) is 5.10. The van der Waals surface area contributed by atoms with Crippen LogP contribution < -0.4 is 0 Å². The van der Waals surface area contributed by atoms with Gasteiger partial charge in [0.15, 0.2) is 0 Å². The van der Waals surface area contributed by atoms with E-state index in [2.05, 4.69) is 20.9 Å². The van der Waals surface area contributed by atoms with Crippen LogP contribution in [0.2, 0.25) is 0 Å². The number of benzene rings is 1. The van der Waals surface area contributed by atoms with E-state index in [0.717, 1.165) is 11.8 Å². The van der Waals surface area contributed by atoms with E-state index in [9.17, 15) is 13.2 Å². The molecule has 0 aliphatic carbocycles. The highest BCUT2D eigenvalue weighted by Gasteiger charge is 2.34. The fourth-order valence-corrected chi connectivity index (χ4v) is 2.35. The summed E-state index contributed by atoms with van der Waals surface area (Å²) in [5.41, 5.74) is 0.747. The molecule has 2 aromatic rings. The predicted octanol–water partition coefficient (Wildman–Crippen LogP) is 4.66. The molecule has 1 aromatic carbocycles. The van der Waals surface area contributed by atoms with Gasteiger partial charge in [-0.15, -0.1) is 0 Å². The quantitative estimate of drug-likeness (QED) is 0.734. The van der Waals surface area contributed by atoms with Crippen molar-refractivity contribution in [3.63, 3.8) is 0 Å². The molecule has 1 heterocycles. The second-order valence-electron chi connectivity index (χ2n) is 3.71. The molecule has 18 heavy (non-hydrogen) atoms. The number of halogens is 4. The van der Waals surface area contributed by atoms with Gasteiger partial charge in [0.1, 0.15) is 0 Å². The molecule has 0 atom stereocenters. The third-order valence-electron chi connectivity index (χ3n) is 2.58. The summed E-state index contributed by atoms with van der Waals surface area (Å²) < 4.78 is 38.6. The fraction of sp³-hybridized carbons (Fsp3) is 0.154. The molecular weight excluding hydrogens is 307 g/mol. The Morgan fingerprint density at radius 1 is 1.06 bits per heavy atom. The Morgan fingerprint density at radius 2 is 1.72 bits per heavy atom. The number of hydrogen-bond donors (Lipinski definition) is 0. The maximum atomic E-state index is 12.9. The van der Waals surface area contributed by atoms with E-state index in [-0.39, 0.29) is 10.9 Å². The number of alkyl halides is 4. The van der Waals surface area contributed by atoms with E-state index < -0.39 is 11.7 Å². The minimum atomic E-state index is -4.39. The maximum Gasteiger partial charge on any atom is 0.418 e. The predicted molar refractivity (Wildman–Crippen MR) is 67.3 cm³/mol. The summed E-state index contributed by atoms with van der Waals surface area (Å²) in [6, 6.07) is 8.92. The van der Waals surface area contributed by atoms with Crippen LogP contribution in [0.5, 0.6) is 0 Å². The summed E-state index contributed by atoms with van der Waals surface area (Å²) in [6.45, 7) is 0. The molecule has 0 radical (unpaired) electrons. The van der Waals surface area contributed by atoms with Crippen LogP contribution in [0.25, 0.3) is 11.1 Å². The first-order valence-electron chi connectivity index (χ1n) is 5.19. The average Bonchev–Trinajstić information content (AvgIpc) is 2.37. The minimum absolute atomic E-state index is 0.134. The van der Waals surface area contributed by atoms with Crippen LogP contribution >= 0.6 is 15.9 Å². The minimum Gasteiger partial charge on any atom is -0.263 e. The lowest BCUT2D eigenvalue weighted by molar-refractivity contribution is -0.138. The van der Waals surface area contributed by atoms with Gasteiger partial charge in [-0.3, -0.25) is 4.98 Å². The van der Waals surface area contributed by atoms with Crippen molar-refractivity contribution < 1.29 is 13.2 Å². The highest BCUT2D eigenvalue weighted by Crippen LogP contribution is 2.36. The van der Waals surface area contributed by atoms with E-state index in [4.69, 9.17) is 0 Å². The molecule has 0 aliphatic heterocycles. The summed E-state index contributed by atoms with van der Waals surface area (Å²) in [7, 11) is 0. The first kappa shape index (κ1) is 13.1. The lowest BCUT2D eigenvalue weighted by atomic mass is 9.99. The lowest BCUT2D eigenvalue weighted by Gasteiger charge is -2.14. The van der Waals surface area contributed by atoms with Crippen molar-refractivity contribution in [2.24, 2.45) is 0 Å². The van der Waals surface area contributed by atoms with E-state index in [1.54, 1.807) is 24.3 Å². The molecule has 94 valence electrons. The third-order valence-corrected chi connectivity index (χ3v) is 3.14. The molecular formula is C13H9BrF3N. The zero-order valence-electron chi connectivity index (χ0n) is 9.21. The van der Waals surface area contributed by atoms with Crippen LogP contribution in [0.3, 0.4) is 0 Å². The Labute approximate surface area is 111 Å². The first-order valence-corrected chi connectivity index (χ1v) is 6.31. The Bertz CT molecular complexity index is 538. The van der Waals surface area contributed by atoms with Gasteiger partial charge in [-0.1, -0.05) is 46.3 Å². The second-order valence-corrected chi connectivity index (χ2v) is 4.27. The van der Waals surface area contributed by atoms with Crippen molar-refractivity contribution in [2.45, 2.75) is 11.5 Å². The highest BCUT2D eigenvalue weighted by atomic mass is 79.9. The monoisotopic (exact) mass is 315 g/mol. The van der Waals surface area contributed by atoms with Crippen LogP contribution in [-0.4, -0.2) is 4.98 Å². The molecule has 0 bridgehead atoms. The topological polar surface area (TPSA) is 12.9 Å². The molecule has 0 fully saturated rings. The van der Waals surface area contributed by atoms with Gasteiger partial charge in [0, 0.05) is 23.3 Å². The van der Waals surface area contributed by atoms with Crippen LogP contribution in [0.15, 0.2) is 42.7 Å². The van der Waals surface area contributed by atoms with Crippen molar-refractivity contribution in [3.8, 4) is 11.1 Å². The van der Waals surface area contributed by atoms with Gasteiger partial charge in [-0.25, -0.2) is 0 Å². The smallest absolute Gasteiger partial charge is 0.263 e. The Balaban J connectivity index is 2.63. The van der Waals surface area contributed by atoms with Crippen molar-refractivity contribution in [1.29, 1.82) is 0 Å². The van der Waals surface area contributed by atoms with Gasteiger partial charge in [0.05, 0.1) is 5.56 Å². The highest BCUT2D eigenvalue weighted by molar-refractivity contribution is 9.08. The molecule has 0 aliphatic rings. The fourth-order valence-electron chi connectivity index (χ4n) is 1.74. The van der Waals surface area contributed by atoms with Crippen LogP contribution in [-0.2, 0) is 11.5 Å². The Kier molecular flexibility index (Phi) is 3.71. The Morgan fingerprint density at radius 3 is 2.28 bits per heavy atom. The standard InChI is InChI=1S/C13H9BrF3N/c14-6-10-11(9-4-2-1-3-5-9)7-18-8-12(10)13(15,16)17/h1-5,7-8H,6H2. The normalized spacial score (nSPS) is 11.6. The molecule has 2 rings (SSSR count). The lowest BCUT2D eigenvalue weighted by Crippen LogP contribution is -2.10. The number of rotatable bonds is 2. The van der Waals surface area contributed by atoms with Gasteiger partial charge in [-0.05, 0) is 11.1 Å². The van der Waals surface area contributed by atoms with Gasteiger partial charge >= 0.3 is 6.18 Å². The largest absolute Gasteiger partial charge is 0.418 e. The van der Waals surface area contributed by atoms with Crippen molar-refractivity contribution >= 4 is 15.9 Å². The van der Waals surface area contributed by atoms with Gasteiger partial charge in [-0.2, -0.15) is 13.2 Å². The summed E-state index contributed by atoms with van der Waals surface area (Å²) in [5, 5.41) is 0.134. The number of aromatic nitrogens is 1. The molecule has 0 saturated carbocycles. The van der Waals surface area contributed by atoms with Gasteiger partial charge in [0.25, 0.3) is 0 Å². The van der Waals surface area contributed by atoms with Crippen LogP contribution in [0.4, 0.5) is 13.2 Å². The summed E-state index contributed by atoms with van der Waals surface area (Å²) >= 11 is 3.12. The molecule has 0 amide bonds. The van der Waals surface area contributed by atoms with Crippen LogP contribution in [0.1, 0.15) is 11.1 Å². The van der Waals surface area contributed by atoms with Crippen molar-refractivity contribution in [2.75, 3.05) is 0 Å². The number of nitrogens with zero attached hydrogens (tertiary/aromatic N) is 1. The van der Waals surface area contributed by atoms with E-state index in [1.807, 2.05) is 6.07 Å². The maximum absolute atomic E-state index is 12.9. The molecule has 0 N–H and O–H groups in total. The molecule has 5 heteroatoms. The summed E-state index contributed by atoms with van der Waals surface area (Å²) in [4.78, 5) is 3.70. The van der Waals surface area contributed by atoms with Crippen LogP contribution in [0, 0.1) is 0 Å². The third kappa shape index (κ3) is 2.56. The number of hydrogen-bond acceptors (Lipinski definition) is 1. The van der Waals surface area contributed by atoms with Crippen molar-refractivity contribution in [1.82, 2.24) is 4.98 Å². The van der Waals surface area contributed by atoms with Gasteiger partial charge < -0.3 is 0 Å². The molecule has 0 unspecified atom stereocenters. The van der Waals surface area contributed by atoms with E-state index in [0.29, 0.717) is 5.56 Å². The Hall–Kier alpha value is -1.36. The summed E-state index contributed by atoms with van der Waals surface area (Å²) in [6.07, 6.45) is -2.06. The first-order chi connectivity index (χ1) is 8.54. The van der Waals surface area contributed by atoms with Crippen molar-refractivity contribution in [3.05, 3.63) is 53.9 Å². The number of pyridine rings is 1. The average molecular weight is 316 g/mol. The zero-order chi connectivity index (χ0) is 13.2. The molecule has 1 nitrogen and oxygen atoms in total. The molecule has 0 saturated heterocycles. The van der Waals surface area contributed by atoms with E-state index in [1.165, 1.54) is 6.20 Å². The van der Waals surface area contributed by atoms with Gasteiger partial charge in [0.2, 0.25) is 0 Å².